The number of hydrogen-bond acceptors (Lipinski definition) is 4. The van der Waals surface area contributed by atoms with Gasteiger partial charge < -0.3 is 10.6 Å². The van der Waals surface area contributed by atoms with Crippen molar-refractivity contribution in [1.29, 1.82) is 0 Å². The molecule has 0 saturated carbocycles. The highest BCUT2D eigenvalue weighted by atomic mass is 35.5. The first-order valence-electron chi connectivity index (χ1n) is 5.18. The number of anilines is 1. The average molecular weight is 266 g/mol. The van der Waals surface area contributed by atoms with Crippen LogP contribution in [0.15, 0.2) is 18.2 Å². The second kappa shape index (κ2) is 4.66. The molecule has 0 aliphatic heterocycles. The van der Waals surface area contributed by atoms with Crippen LogP contribution in [0.4, 0.5) is 5.69 Å². The van der Waals surface area contributed by atoms with E-state index in [-0.39, 0.29) is 5.69 Å². The van der Waals surface area contributed by atoms with Crippen molar-refractivity contribution in [2.45, 2.75) is 0 Å². The van der Waals surface area contributed by atoms with Crippen molar-refractivity contribution in [2.75, 3.05) is 19.0 Å². The van der Waals surface area contributed by atoms with Gasteiger partial charge in [0.15, 0.2) is 5.69 Å². The smallest absolute Gasteiger partial charge is 0.271 e. The molecule has 1 aromatic heterocycles. The van der Waals surface area contributed by atoms with E-state index in [1.54, 1.807) is 12.1 Å². The number of primary amides is 1. The summed E-state index contributed by atoms with van der Waals surface area (Å²) in [5.41, 5.74) is 7.22. The maximum atomic E-state index is 11.2. The highest BCUT2D eigenvalue weighted by Gasteiger charge is 2.17. The fraction of sp³-hybridized carbons (Fsp3) is 0.182. The Morgan fingerprint density at radius 1 is 1.39 bits per heavy atom. The van der Waals surface area contributed by atoms with Crippen molar-refractivity contribution in [3.63, 3.8) is 0 Å². The number of H-pyrrole nitrogens is 1. The lowest BCUT2D eigenvalue weighted by Gasteiger charge is -2.13. The summed E-state index contributed by atoms with van der Waals surface area (Å²) in [5, 5.41) is 10.5. The van der Waals surface area contributed by atoms with Crippen LogP contribution in [-0.4, -0.2) is 35.4 Å². The molecular weight excluding hydrogens is 254 g/mol. The number of halogens is 1. The van der Waals surface area contributed by atoms with Gasteiger partial charge >= 0.3 is 0 Å². The predicted molar refractivity (Wildman–Crippen MR) is 69.7 cm³/mol. The lowest BCUT2D eigenvalue weighted by molar-refractivity contribution is 0.0996. The van der Waals surface area contributed by atoms with Gasteiger partial charge in [0.1, 0.15) is 5.69 Å². The molecule has 0 aliphatic rings. The summed E-state index contributed by atoms with van der Waals surface area (Å²) < 4.78 is 0. The van der Waals surface area contributed by atoms with Crippen LogP contribution in [0, 0.1) is 0 Å². The molecule has 6 nitrogen and oxygen atoms in total. The Hall–Kier alpha value is -2.08. The van der Waals surface area contributed by atoms with Gasteiger partial charge in [0, 0.05) is 25.3 Å². The summed E-state index contributed by atoms with van der Waals surface area (Å²) in [6, 6.07) is 5.44. The number of carbonyl (C=O) groups is 1. The monoisotopic (exact) mass is 265 g/mol. The van der Waals surface area contributed by atoms with Crippen LogP contribution in [-0.2, 0) is 0 Å². The molecule has 3 N–H and O–H groups in total. The minimum atomic E-state index is -0.647. The van der Waals surface area contributed by atoms with Crippen molar-refractivity contribution < 1.29 is 4.79 Å². The van der Waals surface area contributed by atoms with Gasteiger partial charge in [0.25, 0.3) is 5.91 Å². The Labute approximate surface area is 109 Å². The molecule has 0 radical (unpaired) electrons. The normalized spacial score (nSPS) is 10.4. The van der Waals surface area contributed by atoms with E-state index < -0.39 is 5.91 Å². The fourth-order valence-electron chi connectivity index (χ4n) is 1.56. The number of aromatic amines is 1. The van der Waals surface area contributed by atoms with E-state index in [1.807, 2.05) is 25.1 Å². The molecular formula is C11H12ClN5O. The van der Waals surface area contributed by atoms with Crippen molar-refractivity contribution in [1.82, 2.24) is 15.4 Å². The van der Waals surface area contributed by atoms with Gasteiger partial charge in [-0.2, -0.15) is 15.4 Å². The number of aromatic nitrogens is 3. The number of carbonyl (C=O) groups excluding carboxylic acids is 1. The van der Waals surface area contributed by atoms with Crippen LogP contribution in [0.5, 0.6) is 0 Å². The highest BCUT2D eigenvalue weighted by Crippen LogP contribution is 2.31. The van der Waals surface area contributed by atoms with E-state index in [1.165, 1.54) is 0 Å². The molecule has 18 heavy (non-hydrogen) atoms. The molecule has 0 bridgehead atoms. The van der Waals surface area contributed by atoms with E-state index in [4.69, 9.17) is 17.3 Å². The number of benzene rings is 1. The van der Waals surface area contributed by atoms with Gasteiger partial charge in [-0.1, -0.05) is 11.6 Å². The zero-order chi connectivity index (χ0) is 13.3. The molecule has 0 aliphatic carbocycles. The molecule has 7 heteroatoms. The van der Waals surface area contributed by atoms with Gasteiger partial charge in [0.05, 0.1) is 5.02 Å². The number of nitrogens with one attached hydrogen (secondary N) is 1. The minimum Gasteiger partial charge on any atom is -0.378 e. The standard InChI is InChI=1S/C11H12ClN5O/c1-17(2)6-3-4-7(8(12)5-6)9-10(11(13)18)15-16-14-9/h3-5H,1-2H3,(H2,13,18)(H,14,15,16). The Morgan fingerprint density at radius 3 is 2.67 bits per heavy atom. The fourth-order valence-corrected chi connectivity index (χ4v) is 1.83. The van der Waals surface area contributed by atoms with Gasteiger partial charge in [-0.05, 0) is 18.2 Å². The molecule has 0 unspecified atom stereocenters. The number of amides is 1. The first-order valence-corrected chi connectivity index (χ1v) is 5.56. The predicted octanol–water partition coefficient (Wildman–Crippen LogP) is 1.29. The lowest BCUT2D eigenvalue weighted by atomic mass is 10.1. The summed E-state index contributed by atoms with van der Waals surface area (Å²) >= 11 is 6.18. The molecule has 0 saturated heterocycles. The lowest BCUT2D eigenvalue weighted by Crippen LogP contribution is -2.13. The first-order chi connectivity index (χ1) is 8.50. The molecule has 94 valence electrons. The third-order valence-corrected chi connectivity index (χ3v) is 2.82. The molecule has 1 amide bonds. The third-order valence-electron chi connectivity index (χ3n) is 2.51. The zero-order valence-corrected chi connectivity index (χ0v) is 10.7. The molecule has 0 fully saturated rings. The SMILES string of the molecule is CN(C)c1ccc(-c2n[nH]nc2C(N)=O)c(Cl)c1. The largest absolute Gasteiger partial charge is 0.378 e. The van der Waals surface area contributed by atoms with Gasteiger partial charge in [0.2, 0.25) is 0 Å². The summed E-state index contributed by atoms with van der Waals surface area (Å²) in [6.07, 6.45) is 0. The Balaban J connectivity index is 2.51. The first kappa shape index (κ1) is 12.4. The Bertz CT molecular complexity index is 593. The summed E-state index contributed by atoms with van der Waals surface area (Å²) in [5.74, 6) is -0.647. The molecule has 1 heterocycles. The van der Waals surface area contributed by atoms with Gasteiger partial charge in [-0.15, -0.1) is 0 Å². The van der Waals surface area contributed by atoms with E-state index in [0.29, 0.717) is 16.3 Å². The van der Waals surface area contributed by atoms with Crippen LogP contribution < -0.4 is 10.6 Å². The van der Waals surface area contributed by atoms with Crippen LogP contribution in [0.25, 0.3) is 11.3 Å². The van der Waals surface area contributed by atoms with Crippen molar-refractivity contribution in [3.05, 3.63) is 28.9 Å². The van der Waals surface area contributed by atoms with Crippen LogP contribution >= 0.6 is 11.6 Å². The molecule has 1 aromatic carbocycles. The number of hydrogen-bond donors (Lipinski definition) is 2. The van der Waals surface area contributed by atoms with E-state index >= 15 is 0 Å². The van der Waals surface area contributed by atoms with Crippen LogP contribution in [0.1, 0.15) is 10.5 Å². The van der Waals surface area contributed by atoms with E-state index in [2.05, 4.69) is 15.4 Å². The Morgan fingerprint density at radius 2 is 2.11 bits per heavy atom. The molecule has 2 aromatic rings. The van der Waals surface area contributed by atoms with E-state index in [0.717, 1.165) is 5.69 Å². The van der Waals surface area contributed by atoms with Gasteiger partial charge in [-0.25, -0.2) is 0 Å². The third kappa shape index (κ3) is 2.14. The summed E-state index contributed by atoms with van der Waals surface area (Å²) in [7, 11) is 3.83. The maximum absolute atomic E-state index is 11.2. The van der Waals surface area contributed by atoms with E-state index in [9.17, 15) is 4.79 Å². The van der Waals surface area contributed by atoms with Crippen molar-refractivity contribution in [3.8, 4) is 11.3 Å². The second-order valence-corrected chi connectivity index (χ2v) is 4.35. The molecule has 2 rings (SSSR count). The minimum absolute atomic E-state index is 0.0782. The highest BCUT2D eigenvalue weighted by molar-refractivity contribution is 6.33. The van der Waals surface area contributed by atoms with Crippen molar-refractivity contribution >= 4 is 23.2 Å². The molecule has 0 atom stereocenters. The topological polar surface area (TPSA) is 87.9 Å². The Kier molecular flexibility index (Phi) is 3.20. The van der Waals surface area contributed by atoms with Crippen LogP contribution in [0.3, 0.4) is 0 Å². The number of nitrogens with two attached hydrogens (primary N) is 1. The summed E-state index contributed by atoms with van der Waals surface area (Å²) in [6.45, 7) is 0. The van der Waals surface area contributed by atoms with Gasteiger partial charge in [-0.3, -0.25) is 4.79 Å². The van der Waals surface area contributed by atoms with Crippen molar-refractivity contribution in [2.24, 2.45) is 5.73 Å². The van der Waals surface area contributed by atoms with Crippen LogP contribution in [0.2, 0.25) is 5.02 Å². The number of rotatable bonds is 3. The second-order valence-electron chi connectivity index (χ2n) is 3.94. The zero-order valence-electron chi connectivity index (χ0n) is 9.94. The quantitative estimate of drug-likeness (QED) is 0.875. The summed E-state index contributed by atoms with van der Waals surface area (Å²) in [4.78, 5) is 13.1. The molecule has 0 spiro atoms. The average Bonchev–Trinajstić information content (AvgIpc) is 2.77. The number of nitrogens with zero attached hydrogens (tertiary/aromatic N) is 3. The maximum Gasteiger partial charge on any atom is 0.271 e.